The van der Waals surface area contributed by atoms with Crippen molar-refractivity contribution in [3.05, 3.63) is 64.7 Å². The van der Waals surface area contributed by atoms with Gasteiger partial charge in [-0.15, -0.1) is 0 Å². The minimum atomic E-state index is -0.0385. The van der Waals surface area contributed by atoms with Crippen LogP contribution in [0.4, 0.5) is 5.69 Å². The molecule has 0 aliphatic heterocycles. The summed E-state index contributed by atoms with van der Waals surface area (Å²) in [4.78, 5) is 14.3. The third-order valence-corrected chi connectivity index (χ3v) is 3.72. The van der Waals surface area contributed by atoms with Gasteiger partial charge < -0.3 is 4.90 Å². The van der Waals surface area contributed by atoms with Crippen molar-refractivity contribution in [1.29, 1.82) is 0 Å². The molecule has 21 heavy (non-hydrogen) atoms. The van der Waals surface area contributed by atoms with Gasteiger partial charge in [-0.1, -0.05) is 50.6 Å². The molecule has 0 unspecified atom stereocenters. The molecule has 2 aromatic rings. The van der Waals surface area contributed by atoms with E-state index in [1.807, 2.05) is 25.2 Å². The van der Waals surface area contributed by atoms with Gasteiger partial charge in [-0.25, -0.2) is 0 Å². The standard InChI is InChI=1S/C18H20ClNO/c1-18(2,3)15-7-5-6-8-16(15)20(4)17(21)13-9-11-14(19)12-10-13/h5-12H,1-4H3. The van der Waals surface area contributed by atoms with E-state index in [9.17, 15) is 4.79 Å². The molecule has 0 radical (unpaired) electrons. The number of benzene rings is 2. The summed E-state index contributed by atoms with van der Waals surface area (Å²) in [5.41, 5.74) is 2.69. The van der Waals surface area contributed by atoms with Gasteiger partial charge in [-0.3, -0.25) is 4.79 Å². The highest BCUT2D eigenvalue weighted by Crippen LogP contribution is 2.31. The van der Waals surface area contributed by atoms with Crippen molar-refractivity contribution in [2.24, 2.45) is 0 Å². The maximum Gasteiger partial charge on any atom is 0.258 e. The number of anilines is 1. The molecule has 110 valence electrons. The molecule has 0 bridgehead atoms. The van der Waals surface area contributed by atoms with E-state index in [1.165, 1.54) is 0 Å². The summed E-state index contributed by atoms with van der Waals surface area (Å²) in [7, 11) is 1.81. The van der Waals surface area contributed by atoms with Crippen LogP contribution in [0.3, 0.4) is 0 Å². The molecule has 0 atom stereocenters. The van der Waals surface area contributed by atoms with Crippen LogP contribution >= 0.6 is 11.6 Å². The molecule has 0 heterocycles. The fourth-order valence-corrected chi connectivity index (χ4v) is 2.42. The van der Waals surface area contributed by atoms with Crippen LogP contribution in [-0.2, 0) is 5.41 Å². The van der Waals surface area contributed by atoms with Gasteiger partial charge in [0, 0.05) is 23.3 Å². The van der Waals surface area contributed by atoms with E-state index in [1.54, 1.807) is 29.2 Å². The van der Waals surface area contributed by atoms with Gasteiger partial charge in [-0.2, -0.15) is 0 Å². The van der Waals surface area contributed by atoms with Crippen molar-refractivity contribution in [2.75, 3.05) is 11.9 Å². The Bertz CT molecular complexity index is 641. The highest BCUT2D eigenvalue weighted by atomic mass is 35.5. The van der Waals surface area contributed by atoms with E-state index in [4.69, 9.17) is 11.6 Å². The number of nitrogens with zero attached hydrogens (tertiary/aromatic N) is 1. The Morgan fingerprint density at radius 3 is 2.14 bits per heavy atom. The van der Waals surface area contributed by atoms with E-state index >= 15 is 0 Å². The van der Waals surface area contributed by atoms with Gasteiger partial charge in [0.1, 0.15) is 0 Å². The van der Waals surface area contributed by atoms with Gasteiger partial charge in [0.05, 0.1) is 0 Å². The van der Waals surface area contributed by atoms with Crippen molar-refractivity contribution < 1.29 is 4.79 Å². The Labute approximate surface area is 131 Å². The maximum atomic E-state index is 12.6. The number of rotatable bonds is 2. The van der Waals surface area contributed by atoms with Crippen molar-refractivity contribution in [3.63, 3.8) is 0 Å². The van der Waals surface area contributed by atoms with E-state index in [0.29, 0.717) is 10.6 Å². The molecule has 0 N–H and O–H groups in total. The van der Waals surface area contributed by atoms with E-state index < -0.39 is 0 Å². The summed E-state index contributed by atoms with van der Waals surface area (Å²) in [5, 5.41) is 0.629. The second kappa shape index (κ2) is 5.90. The Hall–Kier alpha value is -1.80. The molecule has 2 nitrogen and oxygen atoms in total. The Morgan fingerprint density at radius 1 is 1.00 bits per heavy atom. The fourth-order valence-electron chi connectivity index (χ4n) is 2.30. The number of carbonyl (C=O) groups excluding carboxylic acids is 1. The van der Waals surface area contributed by atoms with Crippen molar-refractivity contribution in [2.45, 2.75) is 26.2 Å². The first-order valence-corrected chi connectivity index (χ1v) is 7.31. The predicted molar refractivity (Wildman–Crippen MR) is 89.3 cm³/mol. The number of amides is 1. The largest absolute Gasteiger partial charge is 0.311 e. The number of para-hydroxylation sites is 1. The van der Waals surface area contributed by atoms with Gasteiger partial charge >= 0.3 is 0 Å². The summed E-state index contributed by atoms with van der Waals surface area (Å²) >= 11 is 5.87. The zero-order chi connectivity index (χ0) is 15.6. The first-order valence-electron chi connectivity index (χ1n) is 6.94. The lowest BCUT2D eigenvalue weighted by Crippen LogP contribution is -2.29. The number of halogens is 1. The second-order valence-corrected chi connectivity index (χ2v) is 6.57. The molecule has 0 saturated carbocycles. The topological polar surface area (TPSA) is 20.3 Å². The SMILES string of the molecule is CN(C(=O)c1ccc(Cl)cc1)c1ccccc1C(C)(C)C. The first kappa shape index (κ1) is 15.6. The van der Waals surface area contributed by atoms with Gasteiger partial charge in [-0.05, 0) is 41.3 Å². The van der Waals surface area contributed by atoms with E-state index in [-0.39, 0.29) is 11.3 Å². The zero-order valence-corrected chi connectivity index (χ0v) is 13.6. The third-order valence-electron chi connectivity index (χ3n) is 3.47. The predicted octanol–water partition coefficient (Wildman–Crippen LogP) is 4.91. The lowest BCUT2D eigenvalue weighted by atomic mass is 9.85. The summed E-state index contributed by atoms with van der Waals surface area (Å²) in [6.07, 6.45) is 0. The van der Waals surface area contributed by atoms with Crippen LogP contribution in [0.15, 0.2) is 48.5 Å². The molecule has 0 spiro atoms. The Morgan fingerprint density at radius 2 is 1.57 bits per heavy atom. The van der Waals surface area contributed by atoms with Crippen LogP contribution in [-0.4, -0.2) is 13.0 Å². The average molecular weight is 302 g/mol. The van der Waals surface area contributed by atoms with Crippen molar-refractivity contribution in [3.8, 4) is 0 Å². The zero-order valence-electron chi connectivity index (χ0n) is 12.9. The van der Waals surface area contributed by atoms with Gasteiger partial charge in [0.2, 0.25) is 0 Å². The maximum absolute atomic E-state index is 12.6. The highest BCUT2D eigenvalue weighted by Gasteiger charge is 2.22. The fraction of sp³-hybridized carbons (Fsp3) is 0.278. The van der Waals surface area contributed by atoms with Crippen LogP contribution in [0.1, 0.15) is 36.7 Å². The summed E-state index contributed by atoms with van der Waals surface area (Å²) in [6, 6.07) is 15.0. The first-order chi connectivity index (χ1) is 9.80. The summed E-state index contributed by atoms with van der Waals surface area (Å²) in [6.45, 7) is 6.44. The second-order valence-electron chi connectivity index (χ2n) is 6.14. The number of hydrogen-bond donors (Lipinski definition) is 0. The smallest absolute Gasteiger partial charge is 0.258 e. The van der Waals surface area contributed by atoms with Crippen LogP contribution in [0, 0.1) is 0 Å². The van der Waals surface area contributed by atoms with Crippen LogP contribution in [0.5, 0.6) is 0 Å². The molecule has 2 rings (SSSR count). The van der Waals surface area contributed by atoms with Crippen LogP contribution in [0.2, 0.25) is 5.02 Å². The van der Waals surface area contributed by atoms with Crippen molar-refractivity contribution >= 4 is 23.2 Å². The molecule has 1 amide bonds. The van der Waals surface area contributed by atoms with Crippen LogP contribution < -0.4 is 4.90 Å². The highest BCUT2D eigenvalue weighted by molar-refractivity contribution is 6.30. The van der Waals surface area contributed by atoms with E-state index in [0.717, 1.165) is 11.3 Å². The van der Waals surface area contributed by atoms with Gasteiger partial charge in [0.25, 0.3) is 5.91 Å². The molecule has 0 fully saturated rings. The number of hydrogen-bond acceptors (Lipinski definition) is 1. The lowest BCUT2D eigenvalue weighted by Gasteiger charge is -2.27. The minimum Gasteiger partial charge on any atom is -0.311 e. The summed E-state index contributed by atoms with van der Waals surface area (Å²) < 4.78 is 0. The number of carbonyl (C=O) groups is 1. The Balaban J connectivity index is 2.38. The molecule has 0 saturated heterocycles. The molecule has 3 heteroatoms. The Kier molecular flexibility index (Phi) is 4.38. The molecular formula is C18H20ClNO. The third kappa shape index (κ3) is 3.45. The van der Waals surface area contributed by atoms with Gasteiger partial charge in [0.15, 0.2) is 0 Å². The normalized spacial score (nSPS) is 11.3. The summed E-state index contributed by atoms with van der Waals surface area (Å²) in [5.74, 6) is -0.0385. The molecular weight excluding hydrogens is 282 g/mol. The molecule has 0 aromatic heterocycles. The quantitative estimate of drug-likeness (QED) is 0.771. The van der Waals surface area contributed by atoms with Crippen molar-refractivity contribution in [1.82, 2.24) is 0 Å². The lowest BCUT2D eigenvalue weighted by molar-refractivity contribution is 0.0992. The monoisotopic (exact) mass is 301 g/mol. The molecule has 0 aliphatic carbocycles. The van der Waals surface area contributed by atoms with Crippen LogP contribution in [0.25, 0.3) is 0 Å². The minimum absolute atomic E-state index is 0.0227. The van der Waals surface area contributed by atoms with E-state index in [2.05, 4.69) is 26.8 Å². The molecule has 2 aromatic carbocycles. The average Bonchev–Trinajstić information content (AvgIpc) is 2.45. The molecule has 0 aliphatic rings.